The topological polar surface area (TPSA) is 81.5 Å². The first kappa shape index (κ1) is 16.8. The first-order valence-corrected chi connectivity index (χ1v) is 8.05. The van der Waals surface area contributed by atoms with Crippen LogP contribution in [-0.2, 0) is 0 Å². The molecule has 0 unspecified atom stereocenters. The van der Waals surface area contributed by atoms with E-state index in [1.54, 1.807) is 38.5 Å². The van der Waals surface area contributed by atoms with E-state index in [4.69, 9.17) is 9.47 Å². The molecule has 4 rings (SSSR count). The fourth-order valence-corrected chi connectivity index (χ4v) is 2.84. The third-order valence-electron chi connectivity index (χ3n) is 4.19. The number of benzene rings is 2. The molecule has 2 aromatic carbocycles. The third-order valence-corrected chi connectivity index (χ3v) is 4.19. The first-order chi connectivity index (χ1) is 13.1. The maximum Gasteiger partial charge on any atom is 0.298 e. The Labute approximate surface area is 152 Å². The van der Waals surface area contributed by atoms with Gasteiger partial charge in [0.25, 0.3) is 5.56 Å². The Morgan fingerprint density at radius 1 is 1.15 bits per heavy atom. The van der Waals surface area contributed by atoms with Crippen LogP contribution in [0.1, 0.15) is 5.56 Å². The number of hydrogen-bond donors (Lipinski definition) is 1. The summed E-state index contributed by atoms with van der Waals surface area (Å²) in [6.07, 6.45) is 2.80. The molecule has 0 radical (unpaired) electrons. The van der Waals surface area contributed by atoms with Gasteiger partial charge in [0.15, 0.2) is 11.5 Å². The van der Waals surface area contributed by atoms with Crippen molar-refractivity contribution in [3.63, 3.8) is 0 Å². The SMILES string of the molecule is COc1cc2[nH]c3c(=O)n(/N=C\c4ccc(F)cc4)cnc3c2cc1OC. The van der Waals surface area contributed by atoms with Crippen molar-refractivity contribution in [2.45, 2.75) is 0 Å². The molecule has 0 spiro atoms. The molecule has 0 amide bonds. The molecule has 0 aliphatic heterocycles. The van der Waals surface area contributed by atoms with Crippen molar-refractivity contribution in [2.75, 3.05) is 14.2 Å². The van der Waals surface area contributed by atoms with Gasteiger partial charge in [-0.1, -0.05) is 12.1 Å². The minimum atomic E-state index is -0.354. The molecular formula is C19H15FN4O3. The highest BCUT2D eigenvalue weighted by Crippen LogP contribution is 2.34. The zero-order chi connectivity index (χ0) is 19.0. The molecule has 136 valence electrons. The summed E-state index contributed by atoms with van der Waals surface area (Å²) in [4.78, 5) is 20.2. The zero-order valence-electron chi connectivity index (χ0n) is 14.6. The summed E-state index contributed by atoms with van der Waals surface area (Å²) < 4.78 is 24.7. The minimum absolute atomic E-state index is 0.319. The second-order valence-corrected chi connectivity index (χ2v) is 5.79. The number of hydrogen-bond acceptors (Lipinski definition) is 5. The number of methoxy groups -OCH3 is 2. The van der Waals surface area contributed by atoms with Crippen LogP contribution in [0.4, 0.5) is 4.39 Å². The van der Waals surface area contributed by atoms with Crippen molar-refractivity contribution in [1.29, 1.82) is 0 Å². The number of aromatic amines is 1. The normalized spacial score (nSPS) is 11.5. The molecule has 0 bridgehead atoms. The van der Waals surface area contributed by atoms with Crippen LogP contribution in [0.15, 0.2) is 52.6 Å². The van der Waals surface area contributed by atoms with E-state index < -0.39 is 0 Å². The van der Waals surface area contributed by atoms with E-state index in [-0.39, 0.29) is 11.4 Å². The standard InChI is InChI=1S/C19H15FN4O3/c1-26-15-7-13-14(8-16(15)27-2)23-18-17(13)21-10-24(19(18)25)22-9-11-3-5-12(20)6-4-11/h3-10,23H,1-2H3/b22-9-. The predicted molar refractivity (Wildman–Crippen MR) is 100 cm³/mol. The molecule has 0 atom stereocenters. The Balaban J connectivity index is 1.83. The van der Waals surface area contributed by atoms with Gasteiger partial charge in [-0.2, -0.15) is 9.78 Å². The number of aromatic nitrogens is 3. The van der Waals surface area contributed by atoms with E-state index in [2.05, 4.69) is 15.1 Å². The van der Waals surface area contributed by atoms with Gasteiger partial charge >= 0.3 is 0 Å². The van der Waals surface area contributed by atoms with Crippen LogP contribution in [0.25, 0.3) is 21.9 Å². The number of nitrogens with one attached hydrogen (secondary N) is 1. The highest BCUT2D eigenvalue weighted by Gasteiger charge is 2.14. The molecule has 0 fully saturated rings. The monoisotopic (exact) mass is 366 g/mol. The van der Waals surface area contributed by atoms with Gasteiger partial charge in [-0.3, -0.25) is 4.79 Å². The van der Waals surface area contributed by atoms with Crippen molar-refractivity contribution < 1.29 is 13.9 Å². The summed E-state index contributed by atoms with van der Waals surface area (Å²) in [5.74, 6) is 0.758. The Kier molecular flexibility index (Phi) is 4.08. The molecule has 0 aliphatic carbocycles. The molecule has 27 heavy (non-hydrogen) atoms. The fraction of sp³-hybridized carbons (Fsp3) is 0.105. The highest BCUT2D eigenvalue weighted by molar-refractivity contribution is 6.05. The predicted octanol–water partition coefficient (Wildman–Crippen LogP) is 2.92. The van der Waals surface area contributed by atoms with E-state index in [1.165, 1.54) is 24.7 Å². The van der Waals surface area contributed by atoms with E-state index in [1.807, 2.05) is 0 Å². The third kappa shape index (κ3) is 2.91. The second kappa shape index (κ2) is 6.56. The summed E-state index contributed by atoms with van der Waals surface area (Å²) >= 11 is 0. The molecule has 2 aromatic heterocycles. The summed E-state index contributed by atoms with van der Waals surface area (Å²) in [5.41, 5.74) is 1.85. The number of fused-ring (bicyclic) bond motifs is 3. The summed E-state index contributed by atoms with van der Waals surface area (Å²) in [6.45, 7) is 0. The lowest BCUT2D eigenvalue weighted by Crippen LogP contribution is -2.17. The molecule has 0 aliphatic rings. The Bertz CT molecular complexity index is 1230. The lowest BCUT2D eigenvalue weighted by atomic mass is 10.2. The highest BCUT2D eigenvalue weighted by atomic mass is 19.1. The largest absolute Gasteiger partial charge is 0.493 e. The molecule has 8 heteroatoms. The average Bonchev–Trinajstić information content (AvgIpc) is 3.06. The smallest absolute Gasteiger partial charge is 0.298 e. The average molecular weight is 366 g/mol. The molecule has 7 nitrogen and oxygen atoms in total. The Morgan fingerprint density at radius 3 is 2.56 bits per heavy atom. The van der Waals surface area contributed by atoms with Crippen molar-refractivity contribution in [2.24, 2.45) is 5.10 Å². The van der Waals surface area contributed by atoms with Gasteiger partial charge in [-0.05, 0) is 23.8 Å². The quantitative estimate of drug-likeness (QED) is 0.563. The second-order valence-electron chi connectivity index (χ2n) is 5.79. The van der Waals surface area contributed by atoms with Crippen molar-refractivity contribution in [3.05, 3.63) is 64.5 Å². The van der Waals surface area contributed by atoms with E-state index in [0.717, 1.165) is 10.1 Å². The van der Waals surface area contributed by atoms with Crippen LogP contribution in [0.5, 0.6) is 11.5 Å². The van der Waals surface area contributed by atoms with Crippen LogP contribution in [0.3, 0.4) is 0 Å². The summed E-state index contributed by atoms with van der Waals surface area (Å²) in [5, 5.41) is 4.86. The summed E-state index contributed by atoms with van der Waals surface area (Å²) in [7, 11) is 3.09. The first-order valence-electron chi connectivity index (χ1n) is 8.05. The number of ether oxygens (including phenoxy) is 2. The van der Waals surface area contributed by atoms with Crippen molar-refractivity contribution in [1.82, 2.24) is 14.6 Å². The van der Waals surface area contributed by atoms with E-state index in [9.17, 15) is 9.18 Å². The van der Waals surface area contributed by atoms with Crippen LogP contribution < -0.4 is 15.0 Å². The van der Waals surface area contributed by atoms with Crippen LogP contribution in [0, 0.1) is 5.82 Å². The maximum atomic E-state index is 13.0. The fourth-order valence-electron chi connectivity index (χ4n) is 2.84. The summed E-state index contributed by atoms with van der Waals surface area (Å²) in [6, 6.07) is 9.30. The molecule has 2 heterocycles. The molecule has 0 saturated heterocycles. The molecular weight excluding hydrogens is 351 g/mol. The van der Waals surface area contributed by atoms with Crippen molar-refractivity contribution >= 4 is 28.2 Å². The number of rotatable bonds is 4. The van der Waals surface area contributed by atoms with Crippen molar-refractivity contribution in [3.8, 4) is 11.5 Å². The van der Waals surface area contributed by atoms with Gasteiger partial charge in [0.2, 0.25) is 0 Å². The Morgan fingerprint density at radius 2 is 1.85 bits per heavy atom. The van der Waals surface area contributed by atoms with Crippen LogP contribution in [-0.4, -0.2) is 35.1 Å². The van der Waals surface area contributed by atoms with Gasteiger partial charge < -0.3 is 14.5 Å². The van der Waals surface area contributed by atoms with Gasteiger partial charge in [0.1, 0.15) is 23.2 Å². The molecule has 1 N–H and O–H groups in total. The number of nitrogens with zero attached hydrogens (tertiary/aromatic N) is 3. The number of halogens is 1. The lowest BCUT2D eigenvalue weighted by Gasteiger charge is -2.06. The Hall–Kier alpha value is -3.68. The maximum absolute atomic E-state index is 13.0. The minimum Gasteiger partial charge on any atom is -0.493 e. The van der Waals surface area contributed by atoms with Gasteiger partial charge in [-0.15, -0.1) is 0 Å². The van der Waals surface area contributed by atoms with E-state index >= 15 is 0 Å². The zero-order valence-corrected chi connectivity index (χ0v) is 14.6. The van der Waals surface area contributed by atoms with Gasteiger partial charge in [0, 0.05) is 11.5 Å². The number of H-pyrrole nitrogens is 1. The van der Waals surface area contributed by atoms with E-state index in [0.29, 0.717) is 33.6 Å². The molecule has 4 aromatic rings. The van der Waals surface area contributed by atoms with Gasteiger partial charge in [-0.25, -0.2) is 9.37 Å². The lowest BCUT2D eigenvalue weighted by molar-refractivity contribution is 0.356. The van der Waals surface area contributed by atoms with Crippen LogP contribution in [0.2, 0.25) is 0 Å². The van der Waals surface area contributed by atoms with Crippen LogP contribution >= 0.6 is 0 Å². The molecule has 0 saturated carbocycles. The van der Waals surface area contributed by atoms with Gasteiger partial charge in [0.05, 0.1) is 26.0 Å².